The van der Waals surface area contributed by atoms with E-state index in [1.807, 2.05) is 56.3 Å². The quantitative estimate of drug-likeness (QED) is 0.381. The Morgan fingerprint density at radius 3 is 2.53 bits per heavy atom. The highest BCUT2D eigenvalue weighted by molar-refractivity contribution is 8.18. The lowest BCUT2D eigenvalue weighted by atomic mass is 10.1. The molecule has 3 aromatic rings. The van der Waals surface area contributed by atoms with Crippen molar-refractivity contribution in [2.24, 2.45) is 0 Å². The third-order valence-electron chi connectivity index (χ3n) is 5.28. The summed E-state index contributed by atoms with van der Waals surface area (Å²) in [6.45, 7) is 4.24. The van der Waals surface area contributed by atoms with Gasteiger partial charge in [-0.15, -0.1) is 0 Å². The molecule has 0 aliphatic carbocycles. The maximum Gasteiger partial charge on any atom is 0.293 e. The summed E-state index contributed by atoms with van der Waals surface area (Å²) in [6.07, 6.45) is 1.66. The minimum absolute atomic E-state index is 0.188. The van der Waals surface area contributed by atoms with Gasteiger partial charge in [0.05, 0.1) is 18.1 Å². The van der Waals surface area contributed by atoms with Crippen molar-refractivity contribution in [3.8, 4) is 11.5 Å². The molecule has 1 aliphatic rings. The van der Waals surface area contributed by atoms with Crippen LogP contribution in [0.15, 0.2) is 77.7 Å². The molecular formula is C28H26N2O5S. The summed E-state index contributed by atoms with van der Waals surface area (Å²) in [5.74, 6) is 0.222. The molecule has 0 radical (unpaired) electrons. The first-order chi connectivity index (χ1) is 17.4. The van der Waals surface area contributed by atoms with Gasteiger partial charge in [-0.3, -0.25) is 19.3 Å². The number of imide groups is 1. The zero-order valence-electron chi connectivity index (χ0n) is 20.0. The van der Waals surface area contributed by atoms with Crippen LogP contribution >= 0.6 is 11.8 Å². The van der Waals surface area contributed by atoms with Gasteiger partial charge in [-0.2, -0.15) is 0 Å². The van der Waals surface area contributed by atoms with E-state index >= 15 is 0 Å². The first kappa shape index (κ1) is 25.1. The number of aryl methyl sites for hydroxylation is 1. The summed E-state index contributed by atoms with van der Waals surface area (Å²) in [6, 6.07) is 22.0. The van der Waals surface area contributed by atoms with Crippen molar-refractivity contribution in [1.29, 1.82) is 0 Å². The summed E-state index contributed by atoms with van der Waals surface area (Å²) < 4.78 is 11.4. The molecule has 1 fully saturated rings. The number of rotatable bonds is 9. The number of carbonyl (C=O) groups is 3. The first-order valence-electron chi connectivity index (χ1n) is 11.5. The maximum atomic E-state index is 12.9. The highest BCUT2D eigenvalue weighted by Gasteiger charge is 2.35. The van der Waals surface area contributed by atoms with E-state index in [0.717, 1.165) is 22.9 Å². The Hall–Kier alpha value is -4.04. The molecular weight excluding hydrogens is 476 g/mol. The van der Waals surface area contributed by atoms with Gasteiger partial charge in [-0.05, 0) is 67.1 Å². The molecule has 1 saturated heterocycles. The molecule has 7 nitrogen and oxygen atoms in total. The van der Waals surface area contributed by atoms with E-state index < -0.39 is 0 Å². The number of hydrogen-bond acceptors (Lipinski definition) is 6. The van der Waals surface area contributed by atoms with Gasteiger partial charge in [0, 0.05) is 5.69 Å². The number of anilines is 1. The Morgan fingerprint density at radius 2 is 1.78 bits per heavy atom. The predicted molar refractivity (Wildman–Crippen MR) is 141 cm³/mol. The third-order valence-corrected chi connectivity index (χ3v) is 6.19. The monoisotopic (exact) mass is 502 g/mol. The zero-order valence-corrected chi connectivity index (χ0v) is 20.8. The van der Waals surface area contributed by atoms with Gasteiger partial charge < -0.3 is 14.8 Å². The van der Waals surface area contributed by atoms with E-state index in [4.69, 9.17) is 9.47 Å². The summed E-state index contributed by atoms with van der Waals surface area (Å²) >= 11 is 0.912. The Bertz CT molecular complexity index is 1310. The number of benzene rings is 3. The van der Waals surface area contributed by atoms with E-state index in [2.05, 4.69) is 5.32 Å². The van der Waals surface area contributed by atoms with E-state index in [1.165, 1.54) is 4.90 Å². The second-order valence-electron chi connectivity index (χ2n) is 8.10. The lowest BCUT2D eigenvalue weighted by Gasteiger charge is -2.13. The molecule has 8 heteroatoms. The van der Waals surface area contributed by atoms with Crippen LogP contribution in [0.3, 0.4) is 0 Å². The van der Waals surface area contributed by atoms with E-state index in [0.29, 0.717) is 34.3 Å². The average Bonchev–Trinajstić information content (AvgIpc) is 3.11. The number of nitrogens with one attached hydrogen (secondary N) is 1. The van der Waals surface area contributed by atoms with Crippen LogP contribution in [-0.4, -0.2) is 35.2 Å². The topological polar surface area (TPSA) is 84.9 Å². The lowest BCUT2D eigenvalue weighted by Crippen LogP contribution is -2.27. The minimum Gasteiger partial charge on any atom is -0.490 e. The standard InChI is InChI=1S/C28H26N2O5S/c1-3-34-24-15-20(12-13-23(24)35-18-26(31)29-22-10-5-4-6-11-22)16-25-27(32)30(28(33)36-25)17-21-9-7-8-19(2)14-21/h4-16H,3,17-18H2,1-2H3,(H,29,31)/b25-16-. The summed E-state index contributed by atoms with van der Waals surface area (Å²) in [4.78, 5) is 39.3. The third kappa shape index (κ3) is 6.34. The molecule has 1 heterocycles. The van der Waals surface area contributed by atoms with Gasteiger partial charge in [-0.25, -0.2) is 0 Å². The largest absolute Gasteiger partial charge is 0.490 e. The van der Waals surface area contributed by atoms with Crippen molar-refractivity contribution in [2.75, 3.05) is 18.5 Å². The molecule has 36 heavy (non-hydrogen) atoms. The number of nitrogens with zero attached hydrogens (tertiary/aromatic N) is 1. The maximum absolute atomic E-state index is 12.9. The highest BCUT2D eigenvalue weighted by atomic mass is 32.2. The fourth-order valence-electron chi connectivity index (χ4n) is 3.64. The van der Waals surface area contributed by atoms with Gasteiger partial charge >= 0.3 is 0 Å². The number of hydrogen-bond donors (Lipinski definition) is 1. The van der Waals surface area contributed by atoms with Crippen LogP contribution in [0, 0.1) is 6.92 Å². The van der Waals surface area contributed by atoms with Crippen molar-refractivity contribution < 1.29 is 23.9 Å². The van der Waals surface area contributed by atoms with Crippen LogP contribution < -0.4 is 14.8 Å². The van der Waals surface area contributed by atoms with E-state index in [9.17, 15) is 14.4 Å². The molecule has 3 aromatic carbocycles. The SMILES string of the molecule is CCOc1cc(/C=C2\SC(=O)N(Cc3cccc(C)c3)C2=O)ccc1OCC(=O)Nc1ccccc1. The molecule has 4 rings (SSSR count). The van der Waals surface area contributed by atoms with Crippen LogP contribution in [0.2, 0.25) is 0 Å². The molecule has 184 valence electrons. The molecule has 0 bridgehead atoms. The Morgan fingerprint density at radius 1 is 0.972 bits per heavy atom. The van der Waals surface area contributed by atoms with Crippen LogP contribution in [0.5, 0.6) is 11.5 Å². The fourth-order valence-corrected chi connectivity index (χ4v) is 4.48. The molecule has 0 unspecified atom stereocenters. The Balaban J connectivity index is 1.45. The van der Waals surface area contributed by atoms with Crippen molar-refractivity contribution in [3.63, 3.8) is 0 Å². The van der Waals surface area contributed by atoms with E-state index in [-0.39, 0.29) is 30.2 Å². The van der Waals surface area contributed by atoms with Crippen molar-refractivity contribution in [2.45, 2.75) is 20.4 Å². The van der Waals surface area contributed by atoms with Gasteiger partial charge in [-0.1, -0.05) is 54.1 Å². The van der Waals surface area contributed by atoms with Gasteiger partial charge in [0.15, 0.2) is 18.1 Å². The highest BCUT2D eigenvalue weighted by Crippen LogP contribution is 2.35. The van der Waals surface area contributed by atoms with Crippen molar-refractivity contribution in [1.82, 2.24) is 4.90 Å². The van der Waals surface area contributed by atoms with Gasteiger partial charge in [0.2, 0.25) is 0 Å². The number of amides is 3. The van der Waals surface area contributed by atoms with Crippen LogP contribution in [-0.2, 0) is 16.1 Å². The smallest absolute Gasteiger partial charge is 0.293 e. The normalized spacial score (nSPS) is 14.3. The molecule has 0 spiro atoms. The van der Waals surface area contributed by atoms with Crippen molar-refractivity contribution >= 4 is 40.6 Å². The van der Waals surface area contributed by atoms with Gasteiger partial charge in [0.1, 0.15) is 0 Å². The number of carbonyl (C=O) groups excluding carboxylic acids is 3. The van der Waals surface area contributed by atoms with Crippen LogP contribution in [0.4, 0.5) is 10.5 Å². The zero-order chi connectivity index (χ0) is 25.5. The number of para-hydroxylation sites is 1. The van der Waals surface area contributed by atoms with Crippen LogP contribution in [0.1, 0.15) is 23.6 Å². The van der Waals surface area contributed by atoms with Crippen LogP contribution in [0.25, 0.3) is 6.08 Å². The molecule has 1 aliphatic heterocycles. The molecule has 0 saturated carbocycles. The molecule has 0 aromatic heterocycles. The van der Waals surface area contributed by atoms with E-state index in [1.54, 1.807) is 36.4 Å². The summed E-state index contributed by atoms with van der Waals surface area (Å²) in [5.41, 5.74) is 3.33. The summed E-state index contributed by atoms with van der Waals surface area (Å²) in [5, 5.41) is 2.46. The second-order valence-corrected chi connectivity index (χ2v) is 9.09. The minimum atomic E-state index is -0.331. The summed E-state index contributed by atoms with van der Waals surface area (Å²) in [7, 11) is 0. The molecule has 0 atom stereocenters. The number of ether oxygens (including phenoxy) is 2. The Labute approximate surface area is 214 Å². The number of thioether (sulfide) groups is 1. The fraction of sp³-hybridized carbons (Fsp3) is 0.179. The van der Waals surface area contributed by atoms with Crippen molar-refractivity contribution in [3.05, 3.63) is 94.4 Å². The molecule has 1 N–H and O–H groups in total. The predicted octanol–water partition coefficient (Wildman–Crippen LogP) is 5.65. The lowest BCUT2D eigenvalue weighted by molar-refractivity contribution is -0.123. The average molecular weight is 503 g/mol. The molecule has 3 amide bonds. The first-order valence-corrected chi connectivity index (χ1v) is 12.3. The Kier molecular flexibility index (Phi) is 8.07. The second kappa shape index (κ2) is 11.6. The van der Waals surface area contributed by atoms with Gasteiger partial charge in [0.25, 0.3) is 17.1 Å².